The molecule has 0 spiro atoms. The number of furan rings is 1. The summed E-state index contributed by atoms with van der Waals surface area (Å²) >= 11 is 5.78. The molecule has 1 aliphatic rings. The van der Waals surface area contributed by atoms with Crippen LogP contribution in [0.4, 0.5) is 5.95 Å². The van der Waals surface area contributed by atoms with Crippen molar-refractivity contribution in [2.75, 3.05) is 31.1 Å². The second-order valence-corrected chi connectivity index (χ2v) is 5.70. The van der Waals surface area contributed by atoms with Gasteiger partial charge >= 0.3 is 0 Å². The van der Waals surface area contributed by atoms with Crippen LogP contribution in [0.5, 0.6) is 0 Å². The summed E-state index contributed by atoms with van der Waals surface area (Å²) < 4.78 is 5.34. The highest BCUT2D eigenvalue weighted by Crippen LogP contribution is 2.25. The summed E-state index contributed by atoms with van der Waals surface area (Å²) in [5, 5.41) is 11.0. The third kappa shape index (κ3) is 3.39. The SMILES string of the molecule is CCNCC1CCN(c2n[nH]c(-c3ccc(Cl)o3)n2)CC1. The Balaban J connectivity index is 1.60. The zero-order valence-electron chi connectivity index (χ0n) is 12.1. The molecule has 2 aromatic rings. The Morgan fingerprint density at radius 2 is 2.24 bits per heavy atom. The van der Waals surface area contributed by atoms with E-state index in [-0.39, 0.29) is 0 Å². The van der Waals surface area contributed by atoms with Gasteiger partial charge in [0.2, 0.25) is 5.95 Å². The van der Waals surface area contributed by atoms with Crippen molar-refractivity contribution in [3.05, 3.63) is 17.4 Å². The van der Waals surface area contributed by atoms with Gasteiger partial charge in [-0.3, -0.25) is 5.10 Å². The number of aromatic nitrogens is 3. The third-order valence-electron chi connectivity index (χ3n) is 3.86. The number of piperidine rings is 1. The molecule has 0 aliphatic carbocycles. The number of nitrogens with one attached hydrogen (secondary N) is 2. The Labute approximate surface area is 128 Å². The molecule has 0 unspecified atom stereocenters. The van der Waals surface area contributed by atoms with Gasteiger partial charge in [-0.2, -0.15) is 4.98 Å². The lowest BCUT2D eigenvalue weighted by atomic mass is 9.97. The van der Waals surface area contributed by atoms with Crippen molar-refractivity contribution in [2.24, 2.45) is 5.92 Å². The lowest BCUT2D eigenvalue weighted by Gasteiger charge is -2.31. The number of aromatic amines is 1. The minimum absolute atomic E-state index is 0.354. The monoisotopic (exact) mass is 309 g/mol. The number of halogens is 1. The molecule has 0 radical (unpaired) electrons. The molecule has 21 heavy (non-hydrogen) atoms. The van der Waals surface area contributed by atoms with Gasteiger partial charge in [-0.15, -0.1) is 5.10 Å². The van der Waals surface area contributed by atoms with Gasteiger partial charge in [-0.05, 0) is 55.6 Å². The number of anilines is 1. The van der Waals surface area contributed by atoms with Crippen LogP contribution in [0.2, 0.25) is 5.22 Å². The van der Waals surface area contributed by atoms with Crippen LogP contribution in [0.1, 0.15) is 19.8 Å². The van der Waals surface area contributed by atoms with Crippen molar-refractivity contribution in [3.8, 4) is 11.6 Å². The van der Waals surface area contributed by atoms with E-state index in [1.165, 1.54) is 12.8 Å². The van der Waals surface area contributed by atoms with Gasteiger partial charge in [0.25, 0.3) is 0 Å². The molecule has 0 aromatic carbocycles. The molecule has 0 atom stereocenters. The van der Waals surface area contributed by atoms with Crippen LogP contribution in [0.3, 0.4) is 0 Å². The second-order valence-electron chi connectivity index (χ2n) is 5.33. The molecule has 1 saturated heterocycles. The van der Waals surface area contributed by atoms with Crippen molar-refractivity contribution < 1.29 is 4.42 Å². The molecule has 7 heteroatoms. The maximum absolute atomic E-state index is 5.78. The van der Waals surface area contributed by atoms with Gasteiger partial charge in [0.05, 0.1) is 0 Å². The predicted molar refractivity (Wildman–Crippen MR) is 82.6 cm³/mol. The van der Waals surface area contributed by atoms with Crippen LogP contribution in [-0.4, -0.2) is 41.4 Å². The number of H-pyrrole nitrogens is 1. The number of rotatable bonds is 5. The van der Waals surface area contributed by atoms with Gasteiger partial charge in [0.15, 0.2) is 16.8 Å². The second kappa shape index (κ2) is 6.49. The van der Waals surface area contributed by atoms with Crippen molar-refractivity contribution in [1.82, 2.24) is 20.5 Å². The Bertz CT molecular complexity index is 573. The Morgan fingerprint density at radius 1 is 1.43 bits per heavy atom. The zero-order valence-corrected chi connectivity index (χ0v) is 12.9. The Kier molecular flexibility index (Phi) is 4.45. The molecule has 3 heterocycles. The molecular weight excluding hydrogens is 290 g/mol. The van der Waals surface area contributed by atoms with Crippen LogP contribution in [-0.2, 0) is 0 Å². The lowest BCUT2D eigenvalue weighted by Crippen LogP contribution is -2.37. The summed E-state index contributed by atoms with van der Waals surface area (Å²) in [6.45, 7) is 6.27. The molecular formula is C14H20ClN5O. The molecule has 0 bridgehead atoms. The fourth-order valence-electron chi connectivity index (χ4n) is 2.63. The van der Waals surface area contributed by atoms with E-state index in [9.17, 15) is 0 Å². The molecule has 1 aliphatic heterocycles. The smallest absolute Gasteiger partial charge is 0.245 e. The highest BCUT2D eigenvalue weighted by molar-refractivity contribution is 6.28. The van der Waals surface area contributed by atoms with E-state index in [1.54, 1.807) is 12.1 Å². The first-order valence-electron chi connectivity index (χ1n) is 7.40. The van der Waals surface area contributed by atoms with Gasteiger partial charge in [-0.25, -0.2) is 0 Å². The number of nitrogens with zero attached hydrogens (tertiary/aromatic N) is 3. The average Bonchev–Trinajstić information content (AvgIpc) is 3.14. The van der Waals surface area contributed by atoms with Crippen LogP contribution < -0.4 is 10.2 Å². The first-order chi connectivity index (χ1) is 10.3. The maximum Gasteiger partial charge on any atom is 0.245 e. The van der Waals surface area contributed by atoms with Gasteiger partial charge in [-0.1, -0.05) is 6.92 Å². The van der Waals surface area contributed by atoms with Gasteiger partial charge in [0, 0.05) is 13.1 Å². The highest BCUT2D eigenvalue weighted by atomic mass is 35.5. The van der Waals surface area contributed by atoms with Crippen molar-refractivity contribution in [2.45, 2.75) is 19.8 Å². The zero-order chi connectivity index (χ0) is 14.7. The van der Waals surface area contributed by atoms with Crippen molar-refractivity contribution >= 4 is 17.5 Å². The van der Waals surface area contributed by atoms with E-state index >= 15 is 0 Å². The van der Waals surface area contributed by atoms with Gasteiger partial charge < -0.3 is 14.6 Å². The minimum Gasteiger partial charge on any atom is -0.441 e. The van der Waals surface area contributed by atoms with Crippen molar-refractivity contribution in [1.29, 1.82) is 0 Å². The Hall–Kier alpha value is -1.53. The first kappa shape index (κ1) is 14.4. The molecule has 0 amide bonds. The molecule has 1 fully saturated rings. The van der Waals surface area contributed by atoms with Crippen molar-refractivity contribution in [3.63, 3.8) is 0 Å². The summed E-state index contributed by atoms with van der Waals surface area (Å²) in [5.41, 5.74) is 0. The number of hydrogen-bond donors (Lipinski definition) is 2. The molecule has 2 aromatic heterocycles. The van der Waals surface area contributed by atoms with E-state index in [4.69, 9.17) is 16.0 Å². The molecule has 2 N–H and O–H groups in total. The van der Waals surface area contributed by atoms with Gasteiger partial charge in [0.1, 0.15) is 0 Å². The summed E-state index contributed by atoms with van der Waals surface area (Å²) in [5.74, 6) is 2.72. The normalized spacial score (nSPS) is 16.6. The molecule has 0 saturated carbocycles. The molecule has 114 valence electrons. The topological polar surface area (TPSA) is 70.0 Å². The van der Waals surface area contributed by atoms with Crippen LogP contribution in [0, 0.1) is 5.92 Å². The quantitative estimate of drug-likeness (QED) is 0.888. The minimum atomic E-state index is 0.354. The van der Waals surface area contributed by atoms with E-state index in [0.29, 0.717) is 16.8 Å². The van der Waals surface area contributed by atoms with E-state index < -0.39 is 0 Å². The summed E-state index contributed by atoms with van der Waals surface area (Å²) in [6, 6.07) is 3.49. The molecule has 6 nitrogen and oxygen atoms in total. The van der Waals surface area contributed by atoms with Crippen LogP contribution >= 0.6 is 11.6 Å². The lowest BCUT2D eigenvalue weighted by molar-refractivity contribution is 0.384. The van der Waals surface area contributed by atoms with E-state index in [1.807, 2.05) is 0 Å². The first-order valence-corrected chi connectivity index (χ1v) is 7.78. The standard InChI is InChI=1S/C14H20ClN5O/c1-2-16-9-10-5-7-20(8-6-10)14-17-13(18-19-14)11-3-4-12(15)21-11/h3-4,10,16H,2,5-9H2,1H3,(H,17,18,19). The summed E-state index contributed by atoms with van der Waals surface area (Å²) in [6.07, 6.45) is 2.34. The highest BCUT2D eigenvalue weighted by Gasteiger charge is 2.22. The molecule has 3 rings (SSSR count). The summed E-state index contributed by atoms with van der Waals surface area (Å²) in [4.78, 5) is 6.71. The fraction of sp³-hybridized carbons (Fsp3) is 0.571. The maximum atomic E-state index is 5.78. The largest absolute Gasteiger partial charge is 0.441 e. The number of hydrogen-bond acceptors (Lipinski definition) is 5. The summed E-state index contributed by atoms with van der Waals surface area (Å²) in [7, 11) is 0. The van der Waals surface area contributed by atoms with E-state index in [0.717, 1.165) is 38.0 Å². The fourth-order valence-corrected chi connectivity index (χ4v) is 2.78. The third-order valence-corrected chi connectivity index (χ3v) is 4.06. The van der Waals surface area contributed by atoms with Crippen LogP contribution in [0.25, 0.3) is 11.6 Å². The Morgan fingerprint density at radius 3 is 2.90 bits per heavy atom. The average molecular weight is 310 g/mol. The van der Waals surface area contributed by atoms with Crippen LogP contribution in [0.15, 0.2) is 16.5 Å². The predicted octanol–water partition coefficient (Wildman–Crippen LogP) is 2.54. The van der Waals surface area contributed by atoms with E-state index in [2.05, 4.69) is 32.3 Å².